The van der Waals surface area contributed by atoms with Crippen molar-refractivity contribution in [2.24, 2.45) is 0 Å². The Hall–Kier alpha value is -3.45. The van der Waals surface area contributed by atoms with Gasteiger partial charge in [-0.05, 0) is 63.8 Å². The Morgan fingerprint density at radius 3 is 2.76 bits per heavy atom. The smallest absolute Gasteiger partial charge is 0.278 e. The number of fused-ring (bicyclic) bond motifs is 2. The van der Waals surface area contributed by atoms with Gasteiger partial charge in [0.15, 0.2) is 5.69 Å². The van der Waals surface area contributed by atoms with Crippen molar-refractivity contribution in [3.8, 4) is 5.69 Å². The van der Waals surface area contributed by atoms with Gasteiger partial charge in [-0.3, -0.25) is 10.1 Å². The molecule has 1 aliphatic carbocycles. The highest BCUT2D eigenvalue weighted by molar-refractivity contribution is 6.04. The van der Waals surface area contributed by atoms with Gasteiger partial charge in [-0.25, -0.2) is 9.67 Å². The van der Waals surface area contributed by atoms with Crippen LogP contribution in [0.3, 0.4) is 0 Å². The molecule has 2 aromatic heterocycles. The third-order valence-electron chi connectivity index (χ3n) is 6.18. The third kappa shape index (κ3) is 4.16. The normalized spacial score (nSPS) is 12.9. The van der Waals surface area contributed by atoms with Crippen LogP contribution in [0.15, 0.2) is 48.5 Å². The van der Waals surface area contributed by atoms with Crippen LogP contribution in [0.4, 0.5) is 5.95 Å². The number of carbonyl (C=O) groups is 1. The van der Waals surface area contributed by atoms with Gasteiger partial charge in [0, 0.05) is 31.0 Å². The summed E-state index contributed by atoms with van der Waals surface area (Å²) in [6.07, 6.45) is 3.68. The molecule has 0 bridgehead atoms. The fraction of sp³-hybridized carbons (Fsp3) is 0.346. The lowest BCUT2D eigenvalue weighted by molar-refractivity contribution is 0.101. The Morgan fingerprint density at radius 2 is 1.94 bits per heavy atom. The fourth-order valence-electron chi connectivity index (χ4n) is 4.55. The number of anilines is 1. The van der Waals surface area contributed by atoms with Gasteiger partial charge in [-0.2, -0.15) is 5.10 Å². The second-order valence-electron chi connectivity index (χ2n) is 8.46. The van der Waals surface area contributed by atoms with Crippen LogP contribution in [0.2, 0.25) is 0 Å². The number of ether oxygens (including phenoxy) is 1. The topological polar surface area (TPSA) is 74.0 Å². The van der Waals surface area contributed by atoms with E-state index in [1.54, 1.807) is 0 Å². The molecule has 0 saturated heterocycles. The van der Waals surface area contributed by atoms with E-state index in [2.05, 4.69) is 41.1 Å². The molecule has 0 saturated carbocycles. The molecule has 1 aliphatic rings. The lowest BCUT2D eigenvalue weighted by Crippen LogP contribution is -2.18. The lowest BCUT2D eigenvalue weighted by Gasteiger charge is -2.10. The number of hydrogen-bond donors (Lipinski definition) is 1. The van der Waals surface area contributed by atoms with E-state index in [0.29, 0.717) is 31.4 Å². The van der Waals surface area contributed by atoms with E-state index >= 15 is 0 Å². The van der Waals surface area contributed by atoms with Gasteiger partial charge in [0.2, 0.25) is 5.95 Å². The number of aromatic nitrogens is 4. The van der Waals surface area contributed by atoms with Crippen molar-refractivity contribution in [1.29, 1.82) is 0 Å². The van der Waals surface area contributed by atoms with Crippen molar-refractivity contribution >= 4 is 22.9 Å². The van der Waals surface area contributed by atoms with Gasteiger partial charge in [-0.1, -0.05) is 29.8 Å². The van der Waals surface area contributed by atoms with Gasteiger partial charge in [0.05, 0.1) is 16.7 Å². The van der Waals surface area contributed by atoms with Gasteiger partial charge < -0.3 is 9.30 Å². The number of rotatable bonds is 8. The van der Waals surface area contributed by atoms with Crippen LogP contribution in [0.5, 0.6) is 0 Å². The van der Waals surface area contributed by atoms with Crippen LogP contribution in [0, 0.1) is 6.92 Å². The molecule has 170 valence electrons. The standard InChI is InChI=1S/C26H29N5O2/c1-3-33-17-7-16-30-23-10-5-4-9-21(23)27-26(30)28-25(32)24-20-8-6-11-22(20)31(29-24)19-14-12-18(2)13-15-19/h4-5,9-10,12-15H,3,6-8,11,16-17H2,1-2H3,(H,27,28,32). The maximum atomic E-state index is 13.4. The summed E-state index contributed by atoms with van der Waals surface area (Å²) in [5.41, 5.74) is 6.72. The summed E-state index contributed by atoms with van der Waals surface area (Å²) in [5.74, 6) is 0.342. The summed E-state index contributed by atoms with van der Waals surface area (Å²) >= 11 is 0. The van der Waals surface area contributed by atoms with Crippen molar-refractivity contribution in [3.05, 3.63) is 71.0 Å². The van der Waals surface area contributed by atoms with E-state index in [0.717, 1.165) is 53.7 Å². The average Bonchev–Trinajstić information content (AvgIpc) is 3.51. The molecule has 0 radical (unpaired) electrons. The quantitative estimate of drug-likeness (QED) is 0.401. The largest absolute Gasteiger partial charge is 0.382 e. The fourth-order valence-corrected chi connectivity index (χ4v) is 4.55. The number of nitrogens with zero attached hydrogens (tertiary/aromatic N) is 4. The maximum Gasteiger partial charge on any atom is 0.278 e. The number of amides is 1. The zero-order chi connectivity index (χ0) is 22.8. The minimum Gasteiger partial charge on any atom is -0.382 e. The van der Waals surface area contributed by atoms with E-state index in [1.807, 2.05) is 35.9 Å². The summed E-state index contributed by atoms with van der Waals surface area (Å²) in [6, 6.07) is 16.2. The maximum absolute atomic E-state index is 13.4. The molecule has 0 fully saturated rings. The summed E-state index contributed by atoms with van der Waals surface area (Å²) in [4.78, 5) is 18.1. The Bertz CT molecular complexity index is 1290. The van der Waals surface area contributed by atoms with E-state index in [-0.39, 0.29) is 5.91 Å². The van der Waals surface area contributed by atoms with E-state index in [4.69, 9.17) is 14.8 Å². The van der Waals surface area contributed by atoms with Crippen LogP contribution in [0.25, 0.3) is 16.7 Å². The number of hydrogen-bond acceptors (Lipinski definition) is 4. The summed E-state index contributed by atoms with van der Waals surface area (Å²) in [6.45, 7) is 6.14. The summed E-state index contributed by atoms with van der Waals surface area (Å²) in [5, 5.41) is 7.80. The molecule has 0 atom stereocenters. The summed E-state index contributed by atoms with van der Waals surface area (Å²) in [7, 11) is 0. The van der Waals surface area contributed by atoms with Crippen LogP contribution in [-0.4, -0.2) is 38.5 Å². The zero-order valence-electron chi connectivity index (χ0n) is 19.2. The highest BCUT2D eigenvalue weighted by atomic mass is 16.5. The molecule has 4 aromatic rings. The Balaban J connectivity index is 1.46. The van der Waals surface area contributed by atoms with Crippen LogP contribution in [-0.2, 0) is 24.1 Å². The first-order chi connectivity index (χ1) is 16.2. The molecule has 0 spiro atoms. The molecule has 5 rings (SSSR count). The van der Waals surface area contributed by atoms with Crippen molar-refractivity contribution < 1.29 is 9.53 Å². The van der Waals surface area contributed by atoms with Crippen molar-refractivity contribution in [3.63, 3.8) is 0 Å². The van der Waals surface area contributed by atoms with Gasteiger partial charge >= 0.3 is 0 Å². The number of nitrogens with one attached hydrogen (secondary N) is 1. The first kappa shape index (κ1) is 21.4. The number of aryl methyl sites for hydroxylation is 2. The summed E-state index contributed by atoms with van der Waals surface area (Å²) < 4.78 is 9.49. The van der Waals surface area contributed by atoms with Gasteiger partial charge in [0.1, 0.15) is 0 Å². The van der Waals surface area contributed by atoms with Crippen molar-refractivity contribution in [1.82, 2.24) is 19.3 Å². The first-order valence-corrected chi connectivity index (χ1v) is 11.7. The van der Waals surface area contributed by atoms with Crippen LogP contribution >= 0.6 is 0 Å². The Morgan fingerprint density at radius 1 is 1.12 bits per heavy atom. The molecule has 2 heterocycles. The average molecular weight is 444 g/mol. The Labute approximate surface area is 193 Å². The van der Waals surface area contributed by atoms with Crippen molar-refractivity contribution in [2.75, 3.05) is 18.5 Å². The minimum absolute atomic E-state index is 0.208. The van der Waals surface area contributed by atoms with E-state index in [9.17, 15) is 4.79 Å². The number of imidazole rings is 1. The van der Waals surface area contributed by atoms with E-state index in [1.165, 1.54) is 5.56 Å². The third-order valence-corrected chi connectivity index (χ3v) is 6.18. The lowest BCUT2D eigenvalue weighted by atomic mass is 10.2. The predicted octanol–water partition coefficient (Wildman–Crippen LogP) is 4.70. The molecule has 0 aliphatic heterocycles. The van der Waals surface area contributed by atoms with Gasteiger partial charge in [0.25, 0.3) is 5.91 Å². The molecular weight excluding hydrogens is 414 g/mol. The molecule has 33 heavy (non-hydrogen) atoms. The molecule has 0 unspecified atom stereocenters. The highest BCUT2D eigenvalue weighted by Gasteiger charge is 2.28. The predicted molar refractivity (Wildman–Crippen MR) is 129 cm³/mol. The number of para-hydroxylation sites is 2. The SMILES string of the molecule is CCOCCCn1c(NC(=O)c2nn(-c3ccc(C)cc3)c3c2CCC3)nc2ccccc21. The van der Waals surface area contributed by atoms with Crippen LogP contribution < -0.4 is 5.32 Å². The highest BCUT2D eigenvalue weighted by Crippen LogP contribution is 2.29. The molecule has 2 aromatic carbocycles. The van der Waals surface area contributed by atoms with Crippen molar-refractivity contribution in [2.45, 2.75) is 46.1 Å². The van der Waals surface area contributed by atoms with Crippen LogP contribution in [0.1, 0.15) is 47.1 Å². The second kappa shape index (κ2) is 9.19. The number of carbonyl (C=O) groups excluding carboxylic acids is 1. The molecular formula is C26H29N5O2. The van der Waals surface area contributed by atoms with Gasteiger partial charge in [-0.15, -0.1) is 0 Å². The monoisotopic (exact) mass is 443 g/mol. The minimum atomic E-state index is -0.208. The molecule has 1 amide bonds. The first-order valence-electron chi connectivity index (χ1n) is 11.7. The Kier molecular flexibility index (Phi) is 5.96. The molecule has 1 N–H and O–H groups in total. The van der Waals surface area contributed by atoms with E-state index < -0.39 is 0 Å². The zero-order valence-corrected chi connectivity index (χ0v) is 19.2. The molecule has 7 heteroatoms. The molecule has 7 nitrogen and oxygen atoms in total. The number of benzene rings is 2. The second-order valence-corrected chi connectivity index (χ2v) is 8.46.